The summed E-state index contributed by atoms with van der Waals surface area (Å²) < 4.78 is 16.1. The van der Waals surface area contributed by atoms with E-state index in [1.165, 1.54) is 44.6 Å². The van der Waals surface area contributed by atoms with E-state index in [2.05, 4.69) is 68.2 Å². The zero-order chi connectivity index (χ0) is 33.5. The van der Waals surface area contributed by atoms with Crippen molar-refractivity contribution in [3.05, 3.63) is 37.0 Å². The van der Waals surface area contributed by atoms with Crippen molar-refractivity contribution in [1.82, 2.24) is 0 Å². The molecule has 6 atom stereocenters. The second-order valence-electron chi connectivity index (χ2n) is 15.2. The summed E-state index contributed by atoms with van der Waals surface area (Å²) in [6.07, 6.45) is 13.6. The molecule has 6 unspecified atom stereocenters. The molecule has 0 aromatic heterocycles. The van der Waals surface area contributed by atoms with Crippen molar-refractivity contribution in [3.8, 4) is 0 Å². The maximum Gasteiger partial charge on any atom is 0.333 e. The molecule has 0 aromatic rings. The quantitative estimate of drug-likeness (QED) is 0.0999. The van der Waals surface area contributed by atoms with Gasteiger partial charge in [-0.05, 0) is 81.0 Å². The fourth-order valence-corrected chi connectivity index (χ4v) is 7.98. The van der Waals surface area contributed by atoms with Crippen LogP contribution in [0.15, 0.2) is 37.0 Å². The van der Waals surface area contributed by atoms with Crippen LogP contribution in [0.25, 0.3) is 0 Å². The summed E-state index contributed by atoms with van der Waals surface area (Å²) in [5.41, 5.74) is 1.99. The van der Waals surface area contributed by atoms with Crippen LogP contribution in [0.5, 0.6) is 0 Å². The van der Waals surface area contributed by atoms with Gasteiger partial charge in [-0.3, -0.25) is 0 Å². The molecule has 0 N–H and O–H groups in total. The fourth-order valence-electron chi connectivity index (χ4n) is 7.98. The number of fused-ring (bicyclic) bond motifs is 4. The number of carbonyl (C=O) groups excluding carboxylic acids is 3. The van der Waals surface area contributed by atoms with Gasteiger partial charge < -0.3 is 14.2 Å². The van der Waals surface area contributed by atoms with Gasteiger partial charge in [0.25, 0.3) is 0 Å². The number of unbranched alkanes of at least 4 members (excludes halogenated alkanes) is 3. The van der Waals surface area contributed by atoms with Crippen LogP contribution in [0, 0.1) is 33.5 Å². The number of esters is 3. The van der Waals surface area contributed by atoms with Gasteiger partial charge in [0.05, 0.1) is 6.61 Å². The maximum atomic E-state index is 11.6. The van der Waals surface area contributed by atoms with Crippen molar-refractivity contribution in [2.45, 2.75) is 145 Å². The van der Waals surface area contributed by atoms with Gasteiger partial charge in [-0.1, -0.05) is 94.4 Å². The normalized spacial score (nSPS) is 31.5. The average molecular weight is 615 g/mol. The van der Waals surface area contributed by atoms with E-state index < -0.39 is 0 Å². The van der Waals surface area contributed by atoms with E-state index in [1.54, 1.807) is 6.92 Å². The van der Waals surface area contributed by atoms with Gasteiger partial charge in [-0.25, -0.2) is 14.4 Å². The molecule has 0 spiro atoms. The highest BCUT2D eigenvalue weighted by atomic mass is 16.6. The number of rotatable bonds is 11. The predicted molar refractivity (Wildman–Crippen MR) is 178 cm³/mol. The van der Waals surface area contributed by atoms with Gasteiger partial charge in [0.2, 0.25) is 0 Å². The molecular formula is C38H62O6. The second-order valence-corrected chi connectivity index (χ2v) is 15.2. The molecular weight excluding hydrogens is 552 g/mol. The second kappa shape index (κ2) is 15.3. The maximum absolute atomic E-state index is 11.6. The Morgan fingerprint density at radius 1 is 0.773 bits per heavy atom. The first kappa shape index (κ1) is 37.8. The van der Waals surface area contributed by atoms with Gasteiger partial charge in [-0.15, -0.1) is 0 Å². The minimum Gasteiger partial charge on any atom is -0.462 e. The van der Waals surface area contributed by atoms with E-state index in [4.69, 9.17) is 14.2 Å². The zero-order valence-corrected chi connectivity index (χ0v) is 29.4. The molecule has 4 saturated carbocycles. The molecule has 0 saturated heterocycles. The van der Waals surface area contributed by atoms with Crippen molar-refractivity contribution in [3.63, 3.8) is 0 Å². The Labute approximate surface area is 268 Å². The third-order valence-electron chi connectivity index (χ3n) is 12.4. The summed E-state index contributed by atoms with van der Waals surface area (Å²) in [6, 6.07) is 0. The average Bonchev–Trinajstić information content (AvgIpc) is 3.49. The first-order chi connectivity index (χ1) is 20.4. The Bertz CT molecular complexity index is 1070. The summed E-state index contributed by atoms with van der Waals surface area (Å²) in [4.78, 5) is 33.9. The lowest BCUT2D eigenvalue weighted by atomic mass is 9.70. The van der Waals surface area contributed by atoms with Crippen LogP contribution in [0.1, 0.15) is 133 Å². The molecule has 4 bridgehead atoms. The van der Waals surface area contributed by atoms with Crippen LogP contribution in [-0.4, -0.2) is 36.7 Å². The van der Waals surface area contributed by atoms with E-state index >= 15 is 0 Å². The van der Waals surface area contributed by atoms with E-state index in [0.717, 1.165) is 25.7 Å². The van der Waals surface area contributed by atoms with Crippen molar-refractivity contribution in [1.29, 1.82) is 0 Å². The summed E-state index contributed by atoms with van der Waals surface area (Å²) in [6.45, 7) is 30.8. The molecule has 250 valence electrons. The fraction of sp³-hybridized carbons (Fsp3) is 0.763. The molecule has 0 aromatic carbocycles. The van der Waals surface area contributed by atoms with E-state index in [-0.39, 0.29) is 40.9 Å². The standard InChI is InChI=1S/C14H22O2.C13H20O2.C11H20O2/c1-9(2)12(15)16-11-8-10-6-7-14(11,5)13(10,3)4;1-5-11(14)15-10-8-9-6-7-13(10,4)12(9,2)3;1-4-6-7-8-9-13-11(12)10(3)5-2/h10-11H,1,6-8H2,2-5H3;5,9-10H,1,6-8H2,2-4H3;3-9H2,1-2H3. The van der Waals surface area contributed by atoms with Crippen molar-refractivity contribution >= 4 is 17.9 Å². The molecule has 0 aliphatic heterocycles. The molecule has 4 aliphatic carbocycles. The van der Waals surface area contributed by atoms with E-state index in [0.29, 0.717) is 46.8 Å². The lowest BCUT2D eigenvalue weighted by molar-refractivity contribution is -0.152. The molecule has 6 heteroatoms. The Hall–Kier alpha value is -2.37. The highest BCUT2D eigenvalue weighted by molar-refractivity contribution is 5.87. The smallest absolute Gasteiger partial charge is 0.333 e. The van der Waals surface area contributed by atoms with E-state index in [9.17, 15) is 14.4 Å². The zero-order valence-electron chi connectivity index (χ0n) is 29.4. The van der Waals surface area contributed by atoms with Crippen LogP contribution in [0.3, 0.4) is 0 Å². The van der Waals surface area contributed by atoms with Crippen LogP contribution < -0.4 is 0 Å². The number of hydrogen-bond donors (Lipinski definition) is 0. The largest absolute Gasteiger partial charge is 0.462 e. The SMILES string of the molecule is C=C(C)C(=O)OC1CC2CCC1(C)C2(C)C.C=C(CC)C(=O)OCCCCCC.C=CC(=O)OC1CC2CCC1(C)C2(C)C. The molecule has 0 amide bonds. The number of carbonyl (C=O) groups is 3. The summed E-state index contributed by atoms with van der Waals surface area (Å²) in [5, 5.41) is 0. The minimum atomic E-state index is -0.274. The summed E-state index contributed by atoms with van der Waals surface area (Å²) >= 11 is 0. The topological polar surface area (TPSA) is 78.9 Å². The summed E-state index contributed by atoms with van der Waals surface area (Å²) in [5.74, 6) is 0.684. The Morgan fingerprint density at radius 2 is 1.27 bits per heavy atom. The highest BCUT2D eigenvalue weighted by Crippen LogP contribution is 2.67. The first-order valence-electron chi connectivity index (χ1n) is 17.0. The third-order valence-corrected chi connectivity index (χ3v) is 12.4. The van der Waals surface area contributed by atoms with Crippen molar-refractivity contribution in [2.24, 2.45) is 33.5 Å². The number of hydrogen-bond acceptors (Lipinski definition) is 6. The Balaban J connectivity index is 0.000000232. The van der Waals surface area contributed by atoms with Crippen LogP contribution >= 0.6 is 0 Å². The van der Waals surface area contributed by atoms with Crippen molar-refractivity contribution < 1.29 is 28.6 Å². The number of ether oxygens (including phenoxy) is 3. The molecule has 4 fully saturated rings. The van der Waals surface area contributed by atoms with Gasteiger partial charge in [0.15, 0.2) is 0 Å². The third kappa shape index (κ3) is 7.88. The van der Waals surface area contributed by atoms with Gasteiger partial charge in [0.1, 0.15) is 12.2 Å². The monoisotopic (exact) mass is 614 g/mol. The summed E-state index contributed by atoms with van der Waals surface area (Å²) in [7, 11) is 0. The Kier molecular flexibility index (Phi) is 13.1. The van der Waals surface area contributed by atoms with E-state index in [1.807, 2.05) is 6.92 Å². The molecule has 4 aliphatic rings. The van der Waals surface area contributed by atoms with Gasteiger partial charge in [-0.2, -0.15) is 0 Å². The predicted octanol–water partition coefficient (Wildman–Crippen LogP) is 9.33. The van der Waals surface area contributed by atoms with Crippen LogP contribution in [-0.2, 0) is 28.6 Å². The van der Waals surface area contributed by atoms with Crippen LogP contribution in [0.2, 0.25) is 0 Å². The molecule has 0 radical (unpaired) electrons. The Morgan fingerprint density at radius 3 is 1.64 bits per heavy atom. The first-order valence-corrected chi connectivity index (χ1v) is 17.0. The molecule has 6 nitrogen and oxygen atoms in total. The lowest BCUT2D eigenvalue weighted by Crippen LogP contribution is -2.38. The minimum absolute atomic E-state index is 0.0884. The van der Waals surface area contributed by atoms with Crippen LogP contribution in [0.4, 0.5) is 0 Å². The molecule has 0 heterocycles. The molecule has 44 heavy (non-hydrogen) atoms. The van der Waals surface area contributed by atoms with Crippen molar-refractivity contribution in [2.75, 3.05) is 6.61 Å². The molecule has 4 rings (SSSR count). The van der Waals surface area contributed by atoms with Gasteiger partial charge >= 0.3 is 17.9 Å². The highest BCUT2D eigenvalue weighted by Gasteiger charge is 2.63. The van der Waals surface area contributed by atoms with Gasteiger partial charge in [0, 0.05) is 28.1 Å². The lowest BCUT2D eigenvalue weighted by Gasteiger charge is -2.38.